The topological polar surface area (TPSA) is 112 Å². The van der Waals surface area contributed by atoms with Crippen LogP contribution in [-0.2, 0) is 13.0 Å². The van der Waals surface area contributed by atoms with E-state index in [2.05, 4.69) is 37.7 Å². The van der Waals surface area contributed by atoms with Crippen molar-refractivity contribution in [3.05, 3.63) is 76.9 Å². The predicted octanol–water partition coefficient (Wildman–Crippen LogP) is 2.58. The Morgan fingerprint density at radius 2 is 2.17 bits per heavy atom. The number of benzene rings is 1. The summed E-state index contributed by atoms with van der Waals surface area (Å²) in [6.07, 6.45) is 4.96. The van der Waals surface area contributed by atoms with Gasteiger partial charge in [0.1, 0.15) is 5.82 Å². The number of aromatic nitrogens is 5. The molecule has 3 aromatic heterocycles. The third-order valence-electron chi connectivity index (χ3n) is 5.50. The van der Waals surface area contributed by atoms with Crippen LogP contribution in [-0.4, -0.2) is 30.9 Å². The Bertz CT molecular complexity index is 1260. The molecule has 1 aliphatic carbocycles. The Morgan fingerprint density at radius 3 is 3.07 bits per heavy atom. The predicted molar refractivity (Wildman–Crippen MR) is 113 cm³/mol. The standard InChI is InChI=1S/C22H21N7O/c1-13-2-4-15-10-14(3-6-18(15)25-13)11-29-12-20(27-28-29)22(30)26-19-7-5-17-16(19)8-9-24-21(17)23/h2-4,6,8-10,12,19H,5,7,11H2,1H3,(H2,23,24)(H,26,30). The van der Waals surface area contributed by atoms with Crippen molar-refractivity contribution >= 4 is 22.6 Å². The van der Waals surface area contributed by atoms with E-state index in [1.165, 1.54) is 0 Å². The number of amides is 1. The summed E-state index contributed by atoms with van der Waals surface area (Å²) >= 11 is 0. The number of anilines is 1. The van der Waals surface area contributed by atoms with Gasteiger partial charge in [-0.25, -0.2) is 9.67 Å². The average molecular weight is 399 g/mol. The third kappa shape index (κ3) is 3.36. The third-order valence-corrected chi connectivity index (χ3v) is 5.50. The van der Waals surface area contributed by atoms with Crippen molar-refractivity contribution in [2.75, 3.05) is 5.73 Å². The van der Waals surface area contributed by atoms with Crippen molar-refractivity contribution in [2.45, 2.75) is 32.4 Å². The quantitative estimate of drug-likeness (QED) is 0.546. The molecule has 0 saturated carbocycles. The lowest BCUT2D eigenvalue weighted by Gasteiger charge is -2.13. The summed E-state index contributed by atoms with van der Waals surface area (Å²) in [5.74, 6) is 0.295. The van der Waals surface area contributed by atoms with Gasteiger partial charge in [-0.1, -0.05) is 17.3 Å². The highest BCUT2D eigenvalue weighted by molar-refractivity contribution is 5.92. The van der Waals surface area contributed by atoms with E-state index in [9.17, 15) is 4.79 Å². The van der Waals surface area contributed by atoms with E-state index in [0.29, 0.717) is 18.1 Å². The Morgan fingerprint density at radius 1 is 1.27 bits per heavy atom. The molecule has 3 heterocycles. The highest BCUT2D eigenvalue weighted by Crippen LogP contribution is 2.33. The Kier molecular flexibility index (Phi) is 4.39. The van der Waals surface area contributed by atoms with Crippen LogP contribution in [0.4, 0.5) is 5.82 Å². The number of rotatable bonds is 4. The molecule has 1 atom stereocenters. The summed E-state index contributed by atoms with van der Waals surface area (Å²) < 4.78 is 1.67. The number of hydrogen-bond donors (Lipinski definition) is 2. The summed E-state index contributed by atoms with van der Waals surface area (Å²) in [5, 5.41) is 12.3. The molecule has 1 aromatic carbocycles. The summed E-state index contributed by atoms with van der Waals surface area (Å²) in [5.41, 5.74) is 11.3. The molecule has 1 amide bonds. The molecule has 30 heavy (non-hydrogen) atoms. The Hall–Kier alpha value is -3.81. The monoisotopic (exact) mass is 399 g/mol. The van der Waals surface area contributed by atoms with Gasteiger partial charge in [-0.2, -0.15) is 0 Å². The zero-order valence-electron chi connectivity index (χ0n) is 16.5. The molecule has 0 fully saturated rings. The van der Waals surface area contributed by atoms with Crippen LogP contribution in [0.3, 0.4) is 0 Å². The van der Waals surface area contributed by atoms with Gasteiger partial charge >= 0.3 is 0 Å². The molecule has 0 saturated heterocycles. The summed E-state index contributed by atoms with van der Waals surface area (Å²) in [7, 11) is 0. The molecule has 5 rings (SSSR count). The van der Waals surface area contributed by atoms with Gasteiger partial charge in [0.2, 0.25) is 0 Å². The van der Waals surface area contributed by atoms with Crippen LogP contribution in [0.2, 0.25) is 0 Å². The lowest BCUT2D eigenvalue weighted by Crippen LogP contribution is -2.27. The number of aryl methyl sites for hydroxylation is 1. The Balaban J connectivity index is 1.29. The van der Waals surface area contributed by atoms with Crippen molar-refractivity contribution in [3.63, 3.8) is 0 Å². The van der Waals surface area contributed by atoms with Gasteiger partial charge < -0.3 is 11.1 Å². The maximum absolute atomic E-state index is 12.7. The maximum atomic E-state index is 12.7. The summed E-state index contributed by atoms with van der Waals surface area (Å²) in [6, 6.07) is 12.0. The summed E-state index contributed by atoms with van der Waals surface area (Å²) in [4.78, 5) is 21.3. The van der Waals surface area contributed by atoms with Crippen LogP contribution >= 0.6 is 0 Å². The molecule has 1 aliphatic rings. The minimum absolute atomic E-state index is 0.0839. The van der Waals surface area contributed by atoms with E-state index in [1.54, 1.807) is 17.1 Å². The lowest BCUT2D eigenvalue weighted by molar-refractivity contribution is 0.0931. The normalized spacial score (nSPS) is 15.3. The number of fused-ring (bicyclic) bond motifs is 2. The second-order valence-corrected chi connectivity index (χ2v) is 7.61. The van der Waals surface area contributed by atoms with Gasteiger partial charge in [0, 0.05) is 17.3 Å². The molecule has 0 bridgehead atoms. The number of hydrogen-bond acceptors (Lipinski definition) is 6. The van der Waals surface area contributed by atoms with E-state index in [4.69, 9.17) is 5.73 Å². The minimum atomic E-state index is -0.243. The van der Waals surface area contributed by atoms with E-state index in [1.807, 2.05) is 31.2 Å². The molecular weight excluding hydrogens is 378 g/mol. The smallest absolute Gasteiger partial charge is 0.273 e. The number of nitrogens with two attached hydrogens (primary N) is 1. The fourth-order valence-electron chi connectivity index (χ4n) is 3.99. The second kappa shape index (κ2) is 7.22. The highest BCUT2D eigenvalue weighted by Gasteiger charge is 2.27. The van der Waals surface area contributed by atoms with Crippen molar-refractivity contribution in [1.29, 1.82) is 0 Å². The van der Waals surface area contributed by atoms with E-state index >= 15 is 0 Å². The van der Waals surface area contributed by atoms with Gasteiger partial charge in [0.05, 0.1) is 24.3 Å². The average Bonchev–Trinajstić information content (AvgIpc) is 3.36. The van der Waals surface area contributed by atoms with Gasteiger partial charge in [-0.05, 0) is 60.7 Å². The molecule has 8 nitrogen and oxygen atoms in total. The van der Waals surface area contributed by atoms with Crippen LogP contribution in [0, 0.1) is 6.92 Å². The first kappa shape index (κ1) is 18.2. The van der Waals surface area contributed by atoms with Crippen LogP contribution < -0.4 is 11.1 Å². The zero-order chi connectivity index (χ0) is 20.7. The number of carbonyl (C=O) groups excluding carboxylic acids is 1. The highest BCUT2D eigenvalue weighted by atomic mass is 16.2. The fourth-order valence-corrected chi connectivity index (χ4v) is 3.99. The number of nitrogens with one attached hydrogen (secondary N) is 1. The number of pyridine rings is 2. The van der Waals surface area contributed by atoms with E-state index < -0.39 is 0 Å². The van der Waals surface area contributed by atoms with Crippen molar-refractivity contribution in [1.82, 2.24) is 30.3 Å². The van der Waals surface area contributed by atoms with E-state index in [-0.39, 0.29) is 11.9 Å². The number of nitrogens with zero attached hydrogens (tertiary/aromatic N) is 5. The number of carbonyl (C=O) groups is 1. The zero-order valence-corrected chi connectivity index (χ0v) is 16.5. The Labute approximate surface area is 173 Å². The second-order valence-electron chi connectivity index (χ2n) is 7.61. The van der Waals surface area contributed by atoms with Gasteiger partial charge in [-0.15, -0.1) is 5.10 Å². The fraction of sp³-hybridized carbons (Fsp3) is 0.227. The molecule has 4 aromatic rings. The van der Waals surface area contributed by atoms with Crippen LogP contribution in [0.5, 0.6) is 0 Å². The van der Waals surface area contributed by atoms with Crippen LogP contribution in [0.1, 0.15) is 45.3 Å². The SMILES string of the molecule is Cc1ccc2cc(Cn3cc(C(=O)NC4CCc5c4ccnc5N)nn3)ccc2n1. The minimum Gasteiger partial charge on any atom is -0.383 e. The molecule has 150 valence electrons. The molecule has 1 unspecified atom stereocenters. The molecule has 8 heteroatoms. The van der Waals surface area contributed by atoms with Gasteiger partial charge in [0.15, 0.2) is 5.69 Å². The largest absolute Gasteiger partial charge is 0.383 e. The molecule has 3 N–H and O–H groups in total. The van der Waals surface area contributed by atoms with Crippen molar-refractivity contribution in [3.8, 4) is 0 Å². The van der Waals surface area contributed by atoms with E-state index in [0.717, 1.165) is 46.1 Å². The molecule has 0 aliphatic heterocycles. The van der Waals surface area contributed by atoms with Crippen molar-refractivity contribution < 1.29 is 4.79 Å². The van der Waals surface area contributed by atoms with Crippen LogP contribution in [0.25, 0.3) is 10.9 Å². The first-order chi connectivity index (χ1) is 14.6. The first-order valence-corrected chi connectivity index (χ1v) is 9.87. The lowest BCUT2D eigenvalue weighted by atomic mass is 10.1. The van der Waals surface area contributed by atoms with Crippen LogP contribution in [0.15, 0.2) is 48.8 Å². The van der Waals surface area contributed by atoms with Crippen molar-refractivity contribution in [2.24, 2.45) is 0 Å². The van der Waals surface area contributed by atoms with Gasteiger partial charge in [0.25, 0.3) is 5.91 Å². The molecule has 0 radical (unpaired) electrons. The van der Waals surface area contributed by atoms with Gasteiger partial charge in [-0.3, -0.25) is 9.78 Å². The number of nitrogen functional groups attached to an aromatic ring is 1. The summed E-state index contributed by atoms with van der Waals surface area (Å²) in [6.45, 7) is 2.50. The molecule has 0 spiro atoms. The molecular formula is C22H21N7O. The maximum Gasteiger partial charge on any atom is 0.273 e. The first-order valence-electron chi connectivity index (χ1n) is 9.87.